The van der Waals surface area contributed by atoms with E-state index in [1.54, 1.807) is 12.3 Å². The molecule has 0 aliphatic heterocycles. The summed E-state index contributed by atoms with van der Waals surface area (Å²) in [4.78, 5) is 16.4. The second-order valence-corrected chi connectivity index (χ2v) is 3.01. The lowest BCUT2D eigenvalue weighted by molar-refractivity contribution is -0.109. The number of pyridine rings is 1. The zero-order valence-electron chi connectivity index (χ0n) is 8.18. The molecule has 1 heterocycles. The summed E-state index contributed by atoms with van der Waals surface area (Å²) in [7, 11) is 3.81. The summed E-state index contributed by atoms with van der Waals surface area (Å²) in [6.45, 7) is 0. The minimum absolute atomic E-state index is 0. The van der Waals surface area contributed by atoms with Gasteiger partial charge in [-0.3, -0.25) is 0 Å². The molecular formula is C9H14ClN3O. The van der Waals surface area contributed by atoms with E-state index in [1.165, 1.54) is 0 Å². The van der Waals surface area contributed by atoms with Gasteiger partial charge in [0, 0.05) is 20.3 Å². The maximum atomic E-state index is 10.4. The molecule has 1 aromatic rings. The summed E-state index contributed by atoms with van der Waals surface area (Å²) in [5, 5.41) is 0. The number of hydrogen-bond acceptors (Lipinski definition) is 4. The quantitative estimate of drug-likeness (QED) is 0.757. The zero-order valence-corrected chi connectivity index (χ0v) is 8.99. The third-order valence-electron chi connectivity index (χ3n) is 1.76. The largest absolute Gasteiger partial charge is 0.363 e. The van der Waals surface area contributed by atoms with Crippen LogP contribution < -0.4 is 10.6 Å². The van der Waals surface area contributed by atoms with Gasteiger partial charge in [0.1, 0.15) is 12.1 Å². The Balaban J connectivity index is 0.00000169. The van der Waals surface area contributed by atoms with E-state index in [-0.39, 0.29) is 12.4 Å². The Morgan fingerprint density at radius 2 is 2.14 bits per heavy atom. The Kier molecular flexibility index (Phi) is 5.12. The monoisotopic (exact) mass is 215 g/mol. The van der Waals surface area contributed by atoms with Crippen LogP contribution in [0.15, 0.2) is 18.3 Å². The average molecular weight is 216 g/mol. The first-order valence-electron chi connectivity index (χ1n) is 3.99. The van der Waals surface area contributed by atoms with Crippen LogP contribution in [0.4, 0.5) is 5.82 Å². The first-order valence-corrected chi connectivity index (χ1v) is 3.99. The Morgan fingerprint density at radius 3 is 2.50 bits per heavy atom. The van der Waals surface area contributed by atoms with Crippen LogP contribution >= 0.6 is 12.4 Å². The van der Waals surface area contributed by atoms with Crippen LogP contribution in [0.3, 0.4) is 0 Å². The van der Waals surface area contributed by atoms with Crippen molar-refractivity contribution in [2.75, 3.05) is 19.0 Å². The number of anilines is 1. The molecule has 14 heavy (non-hydrogen) atoms. The van der Waals surface area contributed by atoms with E-state index in [0.717, 1.165) is 11.4 Å². The van der Waals surface area contributed by atoms with Crippen molar-refractivity contribution in [1.82, 2.24) is 4.98 Å². The summed E-state index contributed by atoms with van der Waals surface area (Å²) >= 11 is 0. The Hall–Kier alpha value is -1.13. The number of rotatable bonds is 3. The molecule has 0 aliphatic rings. The van der Waals surface area contributed by atoms with Crippen LogP contribution in [0, 0.1) is 0 Å². The highest BCUT2D eigenvalue weighted by Crippen LogP contribution is 2.11. The van der Waals surface area contributed by atoms with Gasteiger partial charge in [0.2, 0.25) is 0 Å². The molecule has 0 aromatic carbocycles. The minimum Gasteiger partial charge on any atom is -0.363 e. The number of carbonyl (C=O) groups excluding carboxylic acids is 1. The third-order valence-corrected chi connectivity index (χ3v) is 1.76. The van der Waals surface area contributed by atoms with Crippen LogP contribution in [0.2, 0.25) is 0 Å². The lowest BCUT2D eigenvalue weighted by Gasteiger charge is -2.11. The number of aldehydes is 1. The van der Waals surface area contributed by atoms with E-state index >= 15 is 0 Å². The van der Waals surface area contributed by atoms with Gasteiger partial charge in [-0.25, -0.2) is 4.98 Å². The molecular weight excluding hydrogens is 202 g/mol. The lowest BCUT2D eigenvalue weighted by Crippen LogP contribution is -2.14. The predicted molar refractivity (Wildman–Crippen MR) is 58.8 cm³/mol. The van der Waals surface area contributed by atoms with E-state index in [0.29, 0.717) is 6.29 Å². The smallest absolute Gasteiger partial charge is 0.141 e. The standard InChI is InChI=1S/C9H13N3O.ClH/c1-12(2)9-4-3-7(5-11-9)8(10)6-13;/h3-6,8H,10H2,1-2H3;1H. The number of aromatic nitrogens is 1. The van der Waals surface area contributed by atoms with Crippen molar-refractivity contribution >= 4 is 24.5 Å². The summed E-state index contributed by atoms with van der Waals surface area (Å²) in [5.74, 6) is 0.849. The van der Waals surface area contributed by atoms with E-state index in [1.807, 2.05) is 25.1 Å². The molecule has 1 aromatic heterocycles. The molecule has 0 spiro atoms. The fraction of sp³-hybridized carbons (Fsp3) is 0.333. The minimum atomic E-state index is -0.566. The van der Waals surface area contributed by atoms with Gasteiger partial charge < -0.3 is 15.4 Å². The highest BCUT2D eigenvalue weighted by atomic mass is 35.5. The van der Waals surface area contributed by atoms with Crippen molar-refractivity contribution in [3.63, 3.8) is 0 Å². The van der Waals surface area contributed by atoms with Crippen LogP contribution in [0.25, 0.3) is 0 Å². The van der Waals surface area contributed by atoms with Gasteiger partial charge in [0.15, 0.2) is 0 Å². The number of nitrogens with two attached hydrogens (primary N) is 1. The van der Waals surface area contributed by atoms with Gasteiger partial charge in [-0.1, -0.05) is 6.07 Å². The first kappa shape index (κ1) is 12.9. The molecule has 0 saturated heterocycles. The first-order chi connectivity index (χ1) is 6.15. The summed E-state index contributed by atoms with van der Waals surface area (Å²) in [5.41, 5.74) is 6.24. The topological polar surface area (TPSA) is 59.2 Å². The van der Waals surface area contributed by atoms with Crippen LogP contribution in [0.1, 0.15) is 11.6 Å². The molecule has 5 heteroatoms. The molecule has 0 amide bonds. The Labute approximate surface area is 89.5 Å². The van der Waals surface area contributed by atoms with Gasteiger partial charge in [-0.15, -0.1) is 12.4 Å². The molecule has 78 valence electrons. The van der Waals surface area contributed by atoms with Crippen molar-refractivity contribution < 1.29 is 4.79 Å². The van der Waals surface area contributed by atoms with Gasteiger partial charge in [0.05, 0.1) is 6.04 Å². The third kappa shape index (κ3) is 2.97. The summed E-state index contributed by atoms with van der Waals surface area (Å²) in [6.07, 6.45) is 2.32. The molecule has 0 radical (unpaired) electrons. The van der Waals surface area contributed by atoms with Crippen molar-refractivity contribution in [3.8, 4) is 0 Å². The lowest BCUT2D eigenvalue weighted by atomic mass is 10.1. The Bertz CT molecular complexity index is 287. The van der Waals surface area contributed by atoms with Gasteiger partial charge in [0.25, 0.3) is 0 Å². The van der Waals surface area contributed by atoms with Gasteiger partial charge in [-0.2, -0.15) is 0 Å². The molecule has 4 nitrogen and oxygen atoms in total. The van der Waals surface area contributed by atoms with Crippen molar-refractivity contribution in [2.24, 2.45) is 5.73 Å². The van der Waals surface area contributed by atoms with E-state index in [4.69, 9.17) is 5.73 Å². The van der Waals surface area contributed by atoms with E-state index in [9.17, 15) is 4.79 Å². The Morgan fingerprint density at radius 1 is 1.50 bits per heavy atom. The normalized spacial score (nSPS) is 11.4. The molecule has 0 saturated carbocycles. The molecule has 1 atom stereocenters. The maximum Gasteiger partial charge on any atom is 0.141 e. The van der Waals surface area contributed by atoms with Crippen molar-refractivity contribution in [1.29, 1.82) is 0 Å². The van der Waals surface area contributed by atoms with Gasteiger partial charge >= 0.3 is 0 Å². The second-order valence-electron chi connectivity index (χ2n) is 3.01. The fourth-order valence-electron chi connectivity index (χ4n) is 0.938. The molecule has 0 aliphatic carbocycles. The highest BCUT2D eigenvalue weighted by molar-refractivity contribution is 5.85. The molecule has 0 bridgehead atoms. The summed E-state index contributed by atoms with van der Waals surface area (Å²) in [6, 6.07) is 3.07. The fourth-order valence-corrected chi connectivity index (χ4v) is 0.938. The average Bonchev–Trinajstić information content (AvgIpc) is 2.17. The number of carbonyl (C=O) groups is 1. The number of nitrogens with zero attached hydrogens (tertiary/aromatic N) is 2. The van der Waals surface area contributed by atoms with E-state index in [2.05, 4.69) is 4.98 Å². The molecule has 1 unspecified atom stereocenters. The molecule has 0 fully saturated rings. The molecule has 1 rings (SSSR count). The number of hydrogen-bond donors (Lipinski definition) is 1. The highest BCUT2D eigenvalue weighted by Gasteiger charge is 2.04. The maximum absolute atomic E-state index is 10.4. The van der Waals surface area contributed by atoms with Crippen molar-refractivity contribution in [3.05, 3.63) is 23.9 Å². The van der Waals surface area contributed by atoms with E-state index < -0.39 is 6.04 Å². The van der Waals surface area contributed by atoms with Crippen molar-refractivity contribution in [2.45, 2.75) is 6.04 Å². The van der Waals surface area contributed by atoms with Crippen LogP contribution in [-0.2, 0) is 4.79 Å². The number of halogens is 1. The zero-order chi connectivity index (χ0) is 9.84. The second kappa shape index (κ2) is 5.57. The predicted octanol–water partition coefficient (Wildman–Crippen LogP) is 0.768. The SMILES string of the molecule is CN(C)c1ccc(C(N)C=O)cn1.Cl. The van der Waals surface area contributed by atoms with Gasteiger partial charge in [-0.05, 0) is 11.6 Å². The van der Waals surface area contributed by atoms with Crippen LogP contribution in [0.5, 0.6) is 0 Å². The van der Waals surface area contributed by atoms with Crippen LogP contribution in [-0.4, -0.2) is 25.4 Å². The molecule has 2 N–H and O–H groups in total. The summed E-state index contributed by atoms with van der Waals surface area (Å²) < 4.78 is 0.